The first kappa shape index (κ1) is 13.7. The standard InChI is InChI=1S/C16H15N3OS/c17-10-12-5-4-11-2-1-3-15(16(11)18-12)19-21-14-8-6-13(20)7-9-14/h1-9,19-20H,10,17H2. The number of pyridine rings is 1. The van der Waals surface area contributed by atoms with Crippen LogP contribution in [0, 0.1) is 0 Å². The SMILES string of the molecule is NCc1ccc2cccc(NSc3ccc(O)cc3)c2n1. The van der Waals surface area contributed by atoms with E-state index in [1.54, 1.807) is 12.1 Å². The van der Waals surface area contributed by atoms with E-state index < -0.39 is 0 Å². The van der Waals surface area contributed by atoms with Crippen molar-refractivity contribution in [2.24, 2.45) is 5.73 Å². The Balaban J connectivity index is 1.87. The van der Waals surface area contributed by atoms with Crippen LogP contribution < -0.4 is 10.5 Å². The first-order valence-corrected chi connectivity index (χ1v) is 7.38. The van der Waals surface area contributed by atoms with Crippen LogP contribution in [0.4, 0.5) is 5.69 Å². The van der Waals surface area contributed by atoms with Crippen molar-refractivity contribution in [2.75, 3.05) is 4.72 Å². The number of anilines is 1. The van der Waals surface area contributed by atoms with Gasteiger partial charge in [-0.2, -0.15) is 0 Å². The number of nitrogens with two attached hydrogens (primary N) is 1. The van der Waals surface area contributed by atoms with Gasteiger partial charge in [0.05, 0.1) is 16.9 Å². The average molecular weight is 297 g/mol. The summed E-state index contributed by atoms with van der Waals surface area (Å²) in [7, 11) is 0. The van der Waals surface area contributed by atoms with Gasteiger partial charge < -0.3 is 15.6 Å². The van der Waals surface area contributed by atoms with Crippen molar-refractivity contribution in [1.82, 2.24) is 4.98 Å². The number of benzene rings is 2. The Morgan fingerprint density at radius 2 is 1.86 bits per heavy atom. The minimum absolute atomic E-state index is 0.263. The molecule has 0 saturated carbocycles. The molecule has 5 heteroatoms. The summed E-state index contributed by atoms with van der Waals surface area (Å²) in [5.74, 6) is 0.263. The number of para-hydroxylation sites is 1. The van der Waals surface area contributed by atoms with E-state index in [2.05, 4.69) is 9.71 Å². The van der Waals surface area contributed by atoms with Gasteiger partial charge in [-0.3, -0.25) is 0 Å². The van der Waals surface area contributed by atoms with E-state index in [1.165, 1.54) is 11.9 Å². The van der Waals surface area contributed by atoms with Crippen molar-refractivity contribution in [2.45, 2.75) is 11.4 Å². The average Bonchev–Trinajstić information content (AvgIpc) is 2.54. The highest BCUT2D eigenvalue weighted by atomic mass is 32.2. The molecular weight excluding hydrogens is 282 g/mol. The van der Waals surface area contributed by atoms with Gasteiger partial charge >= 0.3 is 0 Å². The minimum Gasteiger partial charge on any atom is -0.508 e. The molecule has 106 valence electrons. The van der Waals surface area contributed by atoms with E-state index in [0.29, 0.717) is 6.54 Å². The first-order valence-electron chi connectivity index (χ1n) is 6.57. The summed E-state index contributed by atoms with van der Waals surface area (Å²) in [5.41, 5.74) is 8.38. The molecule has 3 aromatic rings. The van der Waals surface area contributed by atoms with Crippen LogP contribution in [-0.2, 0) is 6.54 Å². The number of nitrogens with one attached hydrogen (secondary N) is 1. The fourth-order valence-electron chi connectivity index (χ4n) is 2.01. The van der Waals surface area contributed by atoms with Gasteiger partial charge in [0.25, 0.3) is 0 Å². The molecule has 2 aromatic carbocycles. The molecule has 3 rings (SSSR count). The molecule has 1 heterocycles. The molecule has 0 saturated heterocycles. The minimum atomic E-state index is 0.263. The van der Waals surface area contributed by atoms with Crippen molar-refractivity contribution in [3.63, 3.8) is 0 Å². The Bertz CT molecular complexity index is 759. The van der Waals surface area contributed by atoms with Crippen LogP contribution in [0.25, 0.3) is 10.9 Å². The third-order valence-electron chi connectivity index (χ3n) is 3.10. The largest absolute Gasteiger partial charge is 0.508 e. The van der Waals surface area contributed by atoms with Crippen molar-refractivity contribution in [3.05, 3.63) is 60.3 Å². The highest BCUT2D eigenvalue weighted by Gasteiger charge is 2.04. The summed E-state index contributed by atoms with van der Waals surface area (Å²) in [4.78, 5) is 5.59. The highest BCUT2D eigenvalue weighted by molar-refractivity contribution is 8.00. The zero-order valence-corrected chi connectivity index (χ0v) is 12.1. The predicted molar refractivity (Wildman–Crippen MR) is 87.2 cm³/mol. The molecule has 0 unspecified atom stereocenters. The van der Waals surface area contributed by atoms with Gasteiger partial charge in [0.15, 0.2) is 0 Å². The topological polar surface area (TPSA) is 71.2 Å². The van der Waals surface area contributed by atoms with Crippen LogP contribution in [-0.4, -0.2) is 10.1 Å². The quantitative estimate of drug-likeness (QED) is 0.643. The smallest absolute Gasteiger partial charge is 0.115 e. The van der Waals surface area contributed by atoms with E-state index in [1.807, 2.05) is 42.5 Å². The number of phenolic OH excluding ortho intramolecular Hbond substituents is 1. The lowest BCUT2D eigenvalue weighted by Crippen LogP contribution is -2.00. The Morgan fingerprint density at radius 1 is 1.05 bits per heavy atom. The molecule has 0 amide bonds. The van der Waals surface area contributed by atoms with Gasteiger partial charge in [-0.1, -0.05) is 18.2 Å². The summed E-state index contributed by atoms with van der Waals surface area (Å²) in [6, 6.07) is 17.0. The number of aromatic hydroxyl groups is 1. The third kappa shape index (κ3) is 3.09. The third-order valence-corrected chi connectivity index (χ3v) is 3.93. The second kappa shape index (κ2) is 6.03. The predicted octanol–water partition coefficient (Wildman–Crippen LogP) is 3.52. The molecule has 21 heavy (non-hydrogen) atoms. The van der Waals surface area contributed by atoms with Gasteiger partial charge in [0.2, 0.25) is 0 Å². The van der Waals surface area contributed by atoms with E-state index in [-0.39, 0.29) is 5.75 Å². The van der Waals surface area contributed by atoms with Crippen LogP contribution in [0.5, 0.6) is 5.75 Å². The lowest BCUT2D eigenvalue weighted by molar-refractivity contribution is 0.475. The number of fused-ring (bicyclic) bond motifs is 1. The Labute approximate surface area is 127 Å². The number of hydrogen-bond acceptors (Lipinski definition) is 5. The molecule has 0 bridgehead atoms. The van der Waals surface area contributed by atoms with E-state index in [9.17, 15) is 5.11 Å². The summed E-state index contributed by atoms with van der Waals surface area (Å²) >= 11 is 1.48. The fourth-order valence-corrected chi connectivity index (χ4v) is 2.68. The lowest BCUT2D eigenvalue weighted by atomic mass is 10.2. The Hall–Kier alpha value is -2.24. The molecule has 0 atom stereocenters. The van der Waals surface area contributed by atoms with Crippen molar-refractivity contribution >= 4 is 28.5 Å². The number of aromatic nitrogens is 1. The number of phenols is 1. The molecule has 0 aliphatic rings. The molecular formula is C16H15N3OS. The second-order valence-electron chi connectivity index (χ2n) is 4.58. The summed E-state index contributed by atoms with van der Waals surface area (Å²) < 4.78 is 3.31. The van der Waals surface area contributed by atoms with Crippen LogP contribution in [0.3, 0.4) is 0 Å². The molecule has 0 aliphatic heterocycles. The van der Waals surface area contributed by atoms with Crippen LogP contribution >= 0.6 is 11.9 Å². The van der Waals surface area contributed by atoms with Crippen molar-refractivity contribution < 1.29 is 5.11 Å². The number of rotatable bonds is 4. The van der Waals surface area contributed by atoms with Gasteiger partial charge in [-0.05, 0) is 48.3 Å². The molecule has 0 radical (unpaired) electrons. The van der Waals surface area contributed by atoms with E-state index >= 15 is 0 Å². The second-order valence-corrected chi connectivity index (χ2v) is 5.46. The molecule has 1 aromatic heterocycles. The maximum Gasteiger partial charge on any atom is 0.115 e. The highest BCUT2D eigenvalue weighted by Crippen LogP contribution is 2.27. The zero-order valence-electron chi connectivity index (χ0n) is 11.3. The Kier molecular flexibility index (Phi) is 3.94. The van der Waals surface area contributed by atoms with Gasteiger partial charge in [0, 0.05) is 16.8 Å². The van der Waals surface area contributed by atoms with E-state index in [4.69, 9.17) is 5.73 Å². The van der Waals surface area contributed by atoms with Crippen LogP contribution in [0.15, 0.2) is 59.5 Å². The van der Waals surface area contributed by atoms with Gasteiger partial charge in [-0.15, -0.1) is 0 Å². The summed E-state index contributed by atoms with van der Waals surface area (Å²) in [6.07, 6.45) is 0. The fraction of sp³-hybridized carbons (Fsp3) is 0.0625. The monoisotopic (exact) mass is 297 g/mol. The van der Waals surface area contributed by atoms with E-state index in [0.717, 1.165) is 27.2 Å². The van der Waals surface area contributed by atoms with Crippen molar-refractivity contribution in [1.29, 1.82) is 0 Å². The van der Waals surface area contributed by atoms with Crippen LogP contribution in [0.2, 0.25) is 0 Å². The summed E-state index contributed by atoms with van der Waals surface area (Å²) in [6.45, 7) is 0.426. The van der Waals surface area contributed by atoms with Gasteiger partial charge in [0.1, 0.15) is 5.75 Å². The molecule has 0 spiro atoms. The maximum absolute atomic E-state index is 9.29. The Morgan fingerprint density at radius 3 is 2.62 bits per heavy atom. The summed E-state index contributed by atoms with van der Waals surface area (Å²) in [5, 5.41) is 10.4. The normalized spacial score (nSPS) is 10.7. The molecule has 4 N–H and O–H groups in total. The molecule has 0 fully saturated rings. The maximum atomic E-state index is 9.29. The zero-order chi connectivity index (χ0) is 14.7. The van der Waals surface area contributed by atoms with Gasteiger partial charge in [-0.25, -0.2) is 4.98 Å². The first-order chi connectivity index (χ1) is 10.3. The number of nitrogens with zero attached hydrogens (tertiary/aromatic N) is 1. The van der Waals surface area contributed by atoms with Crippen molar-refractivity contribution in [3.8, 4) is 5.75 Å². The number of hydrogen-bond donors (Lipinski definition) is 3. The molecule has 0 aliphatic carbocycles. The lowest BCUT2D eigenvalue weighted by Gasteiger charge is -2.09. The van der Waals surface area contributed by atoms with Crippen LogP contribution in [0.1, 0.15) is 5.69 Å². The molecule has 4 nitrogen and oxygen atoms in total.